The van der Waals surface area contributed by atoms with E-state index in [1.165, 1.54) is 30.5 Å². The number of aliphatic imine (C=N–C) groups is 1. The van der Waals surface area contributed by atoms with Gasteiger partial charge in [-0.1, -0.05) is 0 Å². The molecular formula is C24H24FN3O. The fourth-order valence-electron chi connectivity index (χ4n) is 4.50. The van der Waals surface area contributed by atoms with E-state index in [0.29, 0.717) is 6.10 Å². The SMILES string of the molecule is Fc1ccc(C2=C(c3ccnc4[nH]ccc34)C(CCCC3CCCO3)C=N2)cc1. The van der Waals surface area contributed by atoms with E-state index in [1.54, 1.807) is 0 Å². The van der Waals surface area contributed by atoms with Crippen molar-refractivity contribution in [1.29, 1.82) is 0 Å². The molecule has 5 heteroatoms. The molecule has 29 heavy (non-hydrogen) atoms. The van der Waals surface area contributed by atoms with Gasteiger partial charge >= 0.3 is 0 Å². The molecule has 1 N–H and O–H groups in total. The minimum absolute atomic E-state index is 0.233. The smallest absolute Gasteiger partial charge is 0.137 e. The Bertz CT molecular complexity index is 1060. The number of aromatic amines is 1. The zero-order valence-corrected chi connectivity index (χ0v) is 16.3. The van der Waals surface area contributed by atoms with Crippen LogP contribution in [0.2, 0.25) is 0 Å². The molecule has 148 valence electrons. The predicted octanol–water partition coefficient (Wildman–Crippen LogP) is 5.62. The molecule has 0 spiro atoms. The Morgan fingerprint density at radius 1 is 1.10 bits per heavy atom. The summed E-state index contributed by atoms with van der Waals surface area (Å²) in [4.78, 5) is 12.4. The van der Waals surface area contributed by atoms with Gasteiger partial charge in [0.25, 0.3) is 0 Å². The number of ether oxygens (including phenoxy) is 1. The molecule has 0 saturated carbocycles. The fourth-order valence-corrected chi connectivity index (χ4v) is 4.50. The summed E-state index contributed by atoms with van der Waals surface area (Å²) >= 11 is 0. The molecule has 0 aliphatic carbocycles. The number of H-pyrrole nitrogens is 1. The molecule has 4 nitrogen and oxygen atoms in total. The minimum atomic E-state index is -0.233. The van der Waals surface area contributed by atoms with Gasteiger partial charge in [-0.25, -0.2) is 9.37 Å². The van der Waals surface area contributed by atoms with Crippen LogP contribution in [0, 0.1) is 11.7 Å². The van der Waals surface area contributed by atoms with Crippen molar-refractivity contribution in [3.63, 3.8) is 0 Å². The van der Waals surface area contributed by atoms with Crippen molar-refractivity contribution in [2.24, 2.45) is 10.9 Å². The van der Waals surface area contributed by atoms with Gasteiger partial charge in [0.05, 0.1) is 11.8 Å². The van der Waals surface area contributed by atoms with Crippen LogP contribution >= 0.6 is 0 Å². The summed E-state index contributed by atoms with van der Waals surface area (Å²) < 4.78 is 19.3. The van der Waals surface area contributed by atoms with Crippen molar-refractivity contribution in [2.45, 2.75) is 38.2 Å². The van der Waals surface area contributed by atoms with Gasteiger partial charge in [0.15, 0.2) is 0 Å². The van der Waals surface area contributed by atoms with Gasteiger partial charge in [-0.15, -0.1) is 0 Å². The van der Waals surface area contributed by atoms with Crippen LogP contribution in [-0.2, 0) is 4.74 Å². The molecule has 0 bridgehead atoms. The quantitative estimate of drug-likeness (QED) is 0.595. The molecule has 1 fully saturated rings. The number of benzene rings is 1. The van der Waals surface area contributed by atoms with Gasteiger partial charge in [-0.3, -0.25) is 4.99 Å². The molecule has 3 aromatic rings. The maximum atomic E-state index is 13.5. The van der Waals surface area contributed by atoms with E-state index in [9.17, 15) is 4.39 Å². The molecule has 4 heterocycles. The summed E-state index contributed by atoms with van der Waals surface area (Å²) in [5, 5.41) is 1.09. The number of nitrogens with zero attached hydrogens (tertiary/aromatic N) is 2. The Balaban J connectivity index is 1.50. The fraction of sp³-hybridized carbons (Fsp3) is 0.333. The van der Waals surface area contributed by atoms with E-state index in [4.69, 9.17) is 9.73 Å². The van der Waals surface area contributed by atoms with Gasteiger partial charge in [0.1, 0.15) is 11.5 Å². The molecule has 1 aromatic carbocycles. The predicted molar refractivity (Wildman–Crippen MR) is 114 cm³/mol. The Morgan fingerprint density at radius 2 is 2.00 bits per heavy atom. The van der Waals surface area contributed by atoms with E-state index >= 15 is 0 Å². The van der Waals surface area contributed by atoms with Gasteiger partial charge in [-0.2, -0.15) is 0 Å². The van der Waals surface area contributed by atoms with E-state index in [1.807, 2.05) is 24.5 Å². The molecule has 2 unspecified atom stereocenters. The lowest BCUT2D eigenvalue weighted by atomic mass is 9.87. The second-order valence-corrected chi connectivity index (χ2v) is 7.82. The number of hydrogen-bond acceptors (Lipinski definition) is 3. The Labute approximate surface area is 169 Å². The number of halogens is 1. The first-order chi connectivity index (χ1) is 14.3. The van der Waals surface area contributed by atoms with Crippen LogP contribution < -0.4 is 0 Å². The zero-order chi connectivity index (χ0) is 19.6. The third-order valence-electron chi connectivity index (χ3n) is 5.94. The highest BCUT2D eigenvalue weighted by molar-refractivity contribution is 6.08. The molecule has 1 saturated heterocycles. The van der Waals surface area contributed by atoms with E-state index in [0.717, 1.165) is 53.7 Å². The molecular weight excluding hydrogens is 365 g/mol. The second kappa shape index (κ2) is 7.91. The van der Waals surface area contributed by atoms with Gasteiger partial charge in [0, 0.05) is 42.1 Å². The van der Waals surface area contributed by atoms with E-state index in [2.05, 4.69) is 28.3 Å². The highest BCUT2D eigenvalue weighted by Gasteiger charge is 2.27. The first kappa shape index (κ1) is 18.3. The number of rotatable bonds is 6. The third kappa shape index (κ3) is 3.62. The molecule has 2 aromatic heterocycles. The van der Waals surface area contributed by atoms with Crippen LogP contribution in [0.1, 0.15) is 43.2 Å². The molecule has 2 aliphatic heterocycles. The van der Waals surface area contributed by atoms with Crippen molar-refractivity contribution in [3.05, 3.63) is 65.7 Å². The average molecular weight is 389 g/mol. The summed E-state index contributed by atoms with van der Waals surface area (Å²) in [5.74, 6) is -0.000109. The van der Waals surface area contributed by atoms with Crippen molar-refractivity contribution < 1.29 is 9.13 Å². The molecule has 2 aliphatic rings. The van der Waals surface area contributed by atoms with Crippen LogP contribution in [0.4, 0.5) is 4.39 Å². The number of aromatic nitrogens is 2. The summed E-state index contributed by atoms with van der Waals surface area (Å²) in [7, 11) is 0. The van der Waals surface area contributed by atoms with Crippen LogP contribution in [-0.4, -0.2) is 28.9 Å². The lowest BCUT2D eigenvalue weighted by Crippen LogP contribution is -2.08. The maximum Gasteiger partial charge on any atom is 0.137 e. The molecule has 2 atom stereocenters. The van der Waals surface area contributed by atoms with Gasteiger partial charge in [-0.05, 0) is 79.6 Å². The van der Waals surface area contributed by atoms with E-state index in [-0.39, 0.29) is 11.7 Å². The van der Waals surface area contributed by atoms with Crippen LogP contribution in [0.15, 0.2) is 53.8 Å². The van der Waals surface area contributed by atoms with Crippen LogP contribution in [0.25, 0.3) is 22.3 Å². The normalized spacial score (nSPS) is 21.6. The Kier molecular flexibility index (Phi) is 4.98. The first-order valence-corrected chi connectivity index (χ1v) is 10.4. The average Bonchev–Trinajstić information content (AvgIpc) is 3.49. The van der Waals surface area contributed by atoms with Crippen molar-refractivity contribution in [2.75, 3.05) is 6.61 Å². The largest absolute Gasteiger partial charge is 0.378 e. The monoisotopic (exact) mass is 389 g/mol. The highest BCUT2D eigenvalue weighted by Crippen LogP contribution is 2.41. The topological polar surface area (TPSA) is 50.3 Å². The molecule has 0 amide bonds. The van der Waals surface area contributed by atoms with E-state index < -0.39 is 0 Å². The standard InChI is InChI=1S/C24H24FN3O/c25-18-8-6-16(7-9-18)23-22(20-10-12-26-24-21(20)11-13-27-24)17(15-28-23)3-1-4-19-5-2-14-29-19/h6-13,15,17,19H,1-5,14H2,(H,26,27). The van der Waals surface area contributed by atoms with Crippen LogP contribution in [0.5, 0.6) is 0 Å². The molecule has 5 rings (SSSR count). The number of hydrogen-bond donors (Lipinski definition) is 1. The maximum absolute atomic E-state index is 13.5. The van der Waals surface area contributed by atoms with Crippen molar-refractivity contribution in [1.82, 2.24) is 9.97 Å². The van der Waals surface area contributed by atoms with Gasteiger partial charge < -0.3 is 9.72 Å². The van der Waals surface area contributed by atoms with Crippen molar-refractivity contribution >= 4 is 28.5 Å². The Morgan fingerprint density at radius 3 is 2.83 bits per heavy atom. The number of pyridine rings is 1. The second-order valence-electron chi connectivity index (χ2n) is 7.82. The highest BCUT2D eigenvalue weighted by atomic mass is 19.1. The first-order valence-electron chi connectivity index (χ1n) is 10.4. The zero-order valence-electron chi connectivity index (χ0n) is 16.3. The van der Waals surface area contributed by atoms with Gasteiger partial charge in [0.2, 0.25) is 0 Å². The minimum Gasteiger partial charge on any atom is -0.378 e. The Hall–Kier alpha value is -2.79. The summed E-state index contributed by atoms with van der Waals surface area (Å²) in [6.45, 7) is 0.901. The molecule has 0 radical (unpaired) electrons. The summed E-state index contributed by atoms with van der Waals surface area (Å²) in [6, 6.07) is 10.8. The number of fused-ring (bicyclic) bond motifs is 1. The van der Waals surface area contributed by atoms with Crippen LogP contribution in [0.3, 0.4) is 0 Å². The number of nitrogens with one attached hydrogen (secondary N) is 1. The summed E-state index contributed by atoms with van der Waals surface area (Å²) in [6.07, 6.45) is 11.8. The third-order valence-corrected chi connectivity index (χ3v) is 5.94. The lowest BCUT2D eigenvalue weighted by Gasteiger charge is -2.17. The van der Waals surface area contributed by atoms with Crippen molar-refractivity contribution in [3.8, 4) is 0 Å². The lowest BCUT2D eigenvalue weighted by molar-refractivity contribution is 0.102. The number of allylic oxidation sites excluding steroid dienone is 1. The summed E-state index contributed by atoms with van der Waals surface area (Å²) in [5.41, 5.74) is 5.10.